The van der Waals surface area contributed by atoms with Gasteiger partial charge in [-0.2, -0.15) is 0 Å². The number of hydrogen-bond donors (Lipinski definition) is 0. The van der Waals surface area contributed by atoms with Gasteiger partial charge in [-0.05, 0) is 12.3 Å². The summed E-state index contributed by atoms with van der Waals surface area (Å²) in [5, 5.41) is 0. The Labute approximate surface area is 75.3 Å². The number of rotatable bonds is 4. The molecule has 0 rings (SSSR count). The lowest BCUT2D eigenvalue weighted by atomic mass is 10.0. The zero-order valence-electron chi connectivity index (χ0n) is 8.55. The summed E-state index contributed by atoms with van der Waals surface area (Å²) in [6.07, 6.45) is 0.994. The summed E-state index contributed by atoms with van der Waals surface area (Å²) in [5.41, 5.74) is 0.700. The van der Waals surface area contributed by atoms with Gasteiger partial charge in [-0.3, -0.25) is 4.79 Å². The lowest BCUT2D eigenvalue weighted by molar-refractivity contribution is -0.126. The Morgan fingerprint density at radius 1 is 1.50 bits per heavy atom. The predicted molar refractivity (Wildman–Crippen MR) is 51.9 cm³/mol. The van der Waals surface area contributed by atoms with Gasteiger partial charge >= 0.3 is 0 Å². The Balaban J connectivity index is 4.10. The lowest BCUT2D eigenvalue weighted by Gasteiger charge is -2.19. The van der Waals surface area contributed by atoms with Gasteiger partial charge in [0.2, 0.25) is 5.91 Å². The third kappa shape index (κ3) is 3.07. The highest BCUT2D eigenvalue weighted by atomic mass is 16.2. The van der Waals surface area contributed by atoms with Crippen LogP contribution in [0.25, 0.3) is 0 Å². The first-order chi connectivity index (χ1) is 5.50. The third-order valence-corrected chi connectivity index (χ3v) is 1.88. The van der Waals surface area contributed by atoms with E-state index in [1.54, 1.807) is 4.90 Å². The molecule has 0 aromatic heterocycles. The molecule has 12 heavy (non-hydrogen) atoms. The first-order valence-corrected chi connectivity index (χ1v) is 4.45. The average Bonchev–Trinajstić information content (AvgIpc) is 2.02. The molecule has 0 saturated heterocycles. The van der Waals surface area contributed by atoms with Gasteiger partial charge in [0.05, 0.1) is 0 Å². The van der Waals surface area contributed by atoms with Crippen LogP contribution >= 0.6 is 0 Å². The summed E-state index contributed by atoms with van der Waals surface area (Å²) < 4.78 is 0. The Hall–Kier alpha value is -0.790. The molecule has 0 atom stereocenters. The number of likely N-dealkylation sites (N-methyl/N-ethyl adjacent to an activating group) is 1. The fourth-order valence-corrected chi connectivity index (χ4v) is 0.929. The molecule has 0 aliphatic carbocycles. The molecule has 70 valence electrons. The molecule has 0 heterocycles. The molecule has 0 saturated carbocycles. The van der Waals surface area contributed by atoms with Crippen molar-refractivity contribution < 1.29 is 4.79 Å². The Morgan fingerprint density at radius 2 is 2.00 bits per heavy atom. The molecule has 0 aliphatic rings. The van der Waals surface area contributed by atoms with Crippen molar-refractivity contribution in [2.75, 3.05) is 13.6 Å². The molecule has 0 bridgehead atoms. The zero-order chi connectivity index (χ0) is 9.72. The first kappa shape index (κ1) is 11.2. The second kappa shape index (κ2) is 4.96. The van der Waals surface area contributed by atoms with Gasteiger partial charge in [0.25, 0.3) is 0 Å². The maximum absolute atomic E-state index is 11.5. The molecule has 2 heteroatoms. The fraction of sp³-hybridized carbons (Fsp3) is 0.700. The van der Waals surface area contributed by atoms with Gasteiger partial charge in [-0.15, -0.1) is 0 Å². The number of amides is 1. The lowest BCUT2D eigenvalue weighted by Crippen LogP contribution is -2.29. The van der Waals surface area contributed by atoms with Gasteiger partial charge in [0.15, 0.2) is 0 Å². The number of carbonyl (C=O) groups is 1. The monoisotopic (exact) mass is 169 g/mol. The van der Waals surface area contributed by atoms with Crippen LogP contribution < -0.4 is 0 Å². The van der Waals surface area contributed by atoms with Crippen molar-refractivity contribution in [1.29, 1.82) is 0 Å². The molecule has 0 radical (unpaired) electrons. The molecule has 0 aromatic rings. The van der Waals surface area contributed by atoms with Crippen molar-refractivity contribution in [2.45, 2.75) is 27.2 Å². The van der Waals surface area contributed by atoms with Crippen molar-refractivity contribution in [3.05, 3.63) is 12.2 Å². The topological polar surface area (TPSA) is 20.3 Å². The molecule has 2 nitrogen and oxygen atoms in total. The maximum Gasteiger partial charge on any atom is 0.249 e. The van der Waals surface area contributed by atoms with Crippen LogP contribution in [-0.2, 0) is 4.79 Å². The summed E-state index contributed by atoms with van der Waals surface area (Å²) in [7, 11) is 1.82. The number of carbonyl (C=O) groups excluding carboxylic acids is 1. The van der Waals surface area contributed by atoms with Crippen molar-refractivity contribution >= 4 is 5.91 Å². The standard InChI is InChI=1S/C10H19NO/c1-6-7-11(5)10(12)9(4)8(2)3/h8H,4,6-7H2,1-3,5H3. The minimum Gasteiger partial charge on any atom is -0.342 e. The summed E-state index contributed by atoms with van der Waals surface area (Å²) in [6.45, 7) is 10.6. The number of nitrogens with zero attached hydrogens (tertiary/aromatic N) is 1. The van der Waals surface area contributed by atoms with Gasteiger partial charge in [0.1, 0.15) is 0 Å². The van der Waals surface area contributed by atoms with E-state index in [0.717, 1.165) is 13.0 Å². The van der Waals surface area contributed by atoms with Crippen LogP contribution in [0.3, 0.4) is 0 Å². The highest BCUT2D eigenvalue weighted by molar-refractivity contribution is 5.92. The molecule has 0 fully saturated rings. The van der Waals surface area contributed by atoms with E-state index in [4.69, 9.17) is 0 Å². The highest BCUT2D eigenvalue weighted by Gasteiger charge is 2.13. The summed E-state index contributed by atoms with van der Waals surface area (Å²) in [4.78, 5) is 13.2. The molecule has 0 unspecified atom stereocenters. The van der Waals surface area contributed by atoms with Gasteiger partial charge in [-0.1, -0.05) is 27.4 Å². The van der Waals surface area contributed by atoms with E-state index in [9.17, 15) is 4.79 Å². The van der Waals surface area contributed by atoms with Crippen molar-refractivity contribution in [3.8, 4) is 0 Å². The quantitative estimate of drug-likeness (QED) is 0.590. The van der Waals surface area contributed by atoms with Crippen LogP contribution in [0, 0.1) is 5.92 Å². The van der Waals surface area contributed by atoms with Crippen molar-refractivity contribution in [3.63, 3.8) is 0 Å². The van der Waals surface area contributed by atoms with E-state index in [0.29, 0.717) is 5.57 Å². The first-order valence-electron chi connectivity index (χ1n) is 4.45. The van der Waals surface area contributed by atoms with E-state index in [-0.39, 0.29) is 11.8 Å². The number of hydrogen-bond acceptors (Lipinski definition) is 1. The largest absolute Gasteiger partial charge is 0.342 e. The highest BCUT2D eigenvalue weighted by Crippen LogP contribution is 2.09. The SMILES string of the molecule is C=C(C(=O)N(C)CCC)C(C)C. The van der Waals surface area contributed by atoms with Crippen LogP contribution in [-0.4, -0.2) is 24.4 Å². The smallest absolute Gasteiger partial charge is 0.249 e. The van der Waals surface area contributed by atoms with Crippen LogP contribution in [0.4, 0.5) is 0 Å². The van der Waals surface area contributed by atoms with Gasteiger partial charge in [-0.25, -0.2) is 0 Å². The molecule has 1 amide bonds. The molecule has 0 N–H and O–H groups in total. The Morgan fingerprint density at radius 3 is 2.33 bits per heavy atom. The second-order valence-electron chi connectivity index (χ2n) is 3.41. The fourth-order valence-electron chi connectivity index (χ4n) is 0.929. The van der Waals surface area contributed by atoms with E-state index in [1.165, 1.54) is 0 Å². The average molecular weight is 169 g/mol. The van der Waals surface area contributed by atoms with Crippen molar-refractivity contribution in [1.82, 2.24) is 4.90 Å². The summed E-state index contributed by atoms with van der Waals surface area (Å²) in [6, 6.07) is 0. The van der Waals surface area contributed by atoms with E-state index in [1.807, 2.05) is 20.9 Å². The van der Waals surface area contributed by atoms with Crippen LogP contribution in [0.5, 0.6) is 0 Å². The normalized spacial score (nSPS) is 10.1. The minimum atomic E-state index is 0.0758. The van der Waals surface area contributed by atoms with Gasteiger partial charge < -0.3 is 4.90 Å². The second-order valence-corrected chi connectivity index (χ2v) is 3.41. The predicted octanol–water partition coefficient (Wildman–Crippen LogP) is 2.07. The van der Waals surface area contributed by atoms with E-state index >= 15 is 0 Å². The maximum atomic E-state index is 11.5. The van der Waals surface area contributed by atoms with E-state index < -0.39 is 0 Å². The summed E-state index contributed by atoms with van der Waals surface area (Å²) in [5.74, 6) is 0.323. The Kier molecular flexibility index (Phi) is 4.64. The Bertz CT molecular complexity index is 173. The molecular weight excluding hydrogens is 150 g/mol. The van der Waals surface area contributed by atoms with E-state index in [2.05, 4.69) is 13.5 Å². The molecular formula is C10H19NO. The molecule has 0 aromatic carbocycles. The third-order valence-electron chi connectivity index (χ3n) is 1.88. The molecule has 0 aliphatic heterocycles. The molecule has 0 spiro atoms. The van der Waals surface area contributed by atoms with Gasteiger partial charge in [0, 0.05) is 19.2 Å². The van der Waals surface area contributed by atoms with Crippen LogP contribution in [0.1, 0.15) is 27.2 Å². The van der Waals surface area contributed by atoms with Crippen molar-refractivity contribution in [2.24, 2.45) is 5.92 Å². The summed E-state index contributed by atoms with van der Waals surface area (Å²) >= 11 is 0. The minimum absolute atomic E-state index is 0.0758. The van der Waals surface area contributed by atoms with Crippen LogP contribution in [0.15, 0.2) is 12.2 Å². The van der Waals surface area contributed by atoms with Crippen LogP contribution in [0.2, 0.25) is 0 Å². The zero-order valence-corrected chi connectivity index (χ0v) is 8.55.